The van der Waals surface area contributed by atoms with Crippen LogP contribution >= 0.6 is 11.8 Å². The molecule has 3 aromatic rings. The Balaban J connectivity index is 1.74. The van der Waals surface area contributed by atoms with Crippen LogP contribution in [0.2, 0.25) is 0 Å². The number of para-hydroxylation sites is 1. The first kappa shape index (κ1) is 23.5. The van der Waals surface area contributed by atoms with Crippen LogP contribution in [0.1, 0.15) is 30.0 Å². The molecule has 0 aliphatic heterocycles. The van der Waals surface area contributed by atoms with Gasteiger partial charge in [-0.3, -0.25) is 9.59 Å². The SMILES string of the molecule is CCN(CC)C(=O)c1cccc(NC(=O)CSc2nc(C(F)(F)F)nc3ccccc23)c1. The lowest BCUT2D eigenvalue weighted by Crippen LogP contribution is -2.30. The summed E-state index contributed by atoms with van der Waals surface area (Å²) >= 11 is 0.892. The van der Waals surface area contributed by atoms with Crippen molar-refractivity contribution in [1.29, 1.82) is 0 Å². The van der Waals surface area contributed by atoms with Gasteiger partial charge in [-0.15, -0.1) is 0 Å². The molecule has 0 atom stereocenters. The summed E-state index contributed by atoms with van der Waals surface area (Å²) in [5.41, 5.74) is 1.02. The first-order valence-electron chi connectivity index (χ1n) is 9.88. The van der Waals surface area contributed by atoms with Gasteiger partial charge in [-0.25, -0.2) is 9.97 Å². The van der Waals surface area contributed by atoms with Gasteiger partial charge in [0.05, 0.1) is 11.3 Å². The third kappa shape index (κ3) is 5.56. The van der Waals surface area contributed by atoms with E-state index in [-0.39, 0.29) is 22.2 Å². The maximum absolute atomic E-state index is 13.1. The molecule has 1 N–H and O–H groups in total. The van der Waals surface area contributed by atoms with E-state index in [1.165, 1.54) is 6.07 Å². The number of aromatic nitrogens is 2. The van der Waals surface area contributed by atoms with Crippen molar-refractivity contribution in [2.24, 2.45) is 0 Å². The number of thioether (sulfide) groups is 1. The smallest absolute Gasteiger partial charge is 0.339 e. The van der Waals surface area contributed by atoms with Crippen molar-refractivity contribution in [3.63, 3.8) is 0 Å². The fourth-order valence-electron chi connectivity index (χ4n) is 3.04. The average molecular weight is 462 g/mol. The van der Waals surface area contributed by atoms with Crippen LogP contribution in [0.4, 0.5) is 18.9 Å². The van der Waals surface area contributed by atoms with E-state index < -0.39 is 17.9 Å². The number of hydrogen-bond acceptors (Lipinski definition) is 5. The van der Waals surface area contributed by atoms with Crippen molar-refractivity contribution in [2.45, 2.75) is 25.0 Å². The van der Waals surface area contributed by atoms with Crippen molar-refractivity contribution in [3.05, 3.63) is 59.9 Å². The third-order valence-electron chi connectivity index (χ3n) is 4.61. The highest BCUT2D eigenvalue weighted by molar-refractivity contribution is 8.00. The maximum Gasteiger partial charge on any atom is 0.451 e. The predicted molar refractivity (Wildman–Crippen MR) is 118 cm³/mol. The van der Waals surface area contributed by atoms with Gasteiger partial charge < -0.3 is 10.2 Å². The number of halogens is 3. The minimum atomic E-state index is -4.70. The lowest BCUT2D eigenvalue weighted by molar-refractivity contribution is -0.145. The molecule has 0 saturated heterocycles. The molecule has 0 saturated carbocycles. The van der Waals surface area contributed by atoms with Crippen LogP contribution in [0.3, 0.4) is 0 Å². The summed E-state index contributed by atoms with van der Waals surface area (Å²) in [6.45, 7) is 4.89. The average Bonchev–Trinajstić information content (AvgIpc) is 2.77. The molecule has 168 valence electrons. The van der Waals surface area contributed by atoms with Gasteiger partial charge in [0.2, 0.25) is 11.7 Å². The minimum absolute atomic E-state index is 0.0727. The topological polar surface area (TPSA) is 75.2 Å². The number of nitrogens with zero attached hydrogens (tertiary/aromatic N) is 3. The standard InChI is InChI=1S/C22H21F3N4O2S/c1-3-29(4-2)20(31)14-8-7-9-15(12-14)26-18(30)13-32-19-16-10-5-6-11-17(16)27-21(28-19)22(23,24)25/h5-12H,3-4,13H2,1-2H3,(H,26,30). The van der Waals surface area contributed by atoms with Gasteiger partial charge in [0.15, 0.2) is 0 Å². The second-order valence-corrected chi connectivity index (χ2v) is 7.73. The number of amides is 2. The Morgan fingerprint density at radius 2 is 1.75 bits per heavy atom. The Kier molecular flexibility index (Phi) is 7.34. The Morgan fingerprint density at radius 3 is 2.44 bits per heavy atom. The molecule has 3 rings (SSSR count). The van der Waals surface area contributed by atoms with Gasteiger partial charge in [0.25, 0.3) is 5.91 Å². The monoisotopic (exact) mass is 462 g/mol. The second kappa shape index (κ2) is 9.99. The largest absolute Gasteiger partial charge is 0.451 e. The minimum Gasteiger partial charge on any atom is -0.339 e. The summed E-state index contributed by atoms with van der Waals surface area (Å²) in [6, 6.07) is 12.9. The van der Waals surface area contributed by atoms with E-state index in [2.05, 4.69) is 15.3 Å². The van der Waals surface area contributed by atoms with Crippen LogP contribution in [0, 0.1) is 0 Å². The van der Waals surface area contributed by atoms with E-state index in [9.17, 15) is 22.8 Å². The lowest BCUT2D eigenvalue weighted by atomic mass is 10.1. The number of carbonyl (C=O) groups excluding carboxylic acids is 2. The third-order valence-corrected chi connectivity index (χ3v) is 5.60. The molecule has 2 aromatic carbocycles. The first-order chi connectivity index (χ1) is 15.2. The normalized spacial score (nSPS) is 11.4. The molecule has 2 amide bonds. The van der Waals surface area contributed by atoms with Crippen LogP contribution in [-0.2, 0) is 11.0 Å². The molecule has 0 fully saturated rings. The van der Waals surface area contributed by atoms with E-state index in [0.29, 0.717) is 29.7 Å². The Bertz CT molecular complexity index is 1130. The van der Waals surface area contributed by atoms with Gasteiger partial charge in [0, 0.05) is 29.7 Å². The summed E-state index contributed by atoms with van der Waals surface area (Å²) in [4.78, 5) is 33.8. The number of anilines is 1. The molecule has 6 nitrogen and oxygen atoms in total. The van der Waals surface area contributed by atoms with Crippen LogP contribution in [0.5, 0.6) is 0 Å². The van der Waals surface area contributed by atoms with Crippen molar-refractivity contribution < 1.29 is 22.8 Å². The molecule has 0 radical (unpaired) electrons. The summed E-state index contributed by atoms with van der Waals surface area (Å²) in [6.07, 6.45) is -4.70. The van der Waals surface area contributed by atoms with Gasteiger partial charge in [0.1, 0.15) is 5.03 Å². The first-order valence-corrected chi connectivity index (χ1v) is 10.9. The number of carbonyl (C=O) groups is 2. The van der Waals surface area contributed by atoms with Crippen LogP contribution in [0.15, 0.2) is 53.6 Å². The van der Waals surface area contributed by atoms with E-state index >= 15 is 0 Å². The van der Waals surface area contributed by atoms with E-state index in [4.69, 9.17) is 0 Å². The van der Waals surface area contributed by atoms with Gasteiger partial charge in [-0.05, 0) is 38.1 Å². The molecule has 0 unspecified atom stereocenters. The molecule has 0 bridgehead atoms. The van der Waals surface area contributed by atoms with Crippen molar-refractivity contribution in [1.82, 2.24) is 14.9 Å². The molecule has 1 aromatic heterocycles. The number of hydrogen-bond donors (Lipinski definition) is 1. The number of benzene rings is 2. The van der Waals surface area contributed by atoms with Crippen LogP contribution < -0.4 is 5.32 Å². The van der Waals surface area contributed by atoms with Crippen molar-refractivity contribution in [2.75, 3.05) is 24.2 Å². The molecular weight excluding hydrogens is 441 g/mol. The molecular formula is C22H21F3N4O2S. The molecule has 1 heterocycles. The van der Waals surface area contributed by atoms with E-state index in [1.54, 1.807) is 47.4 Å². The number of alkyl halides is 3. The zero-order chi connectivity index (χ0) is 23.3. The van der Waals surface area contributed by atoms with Crippen molar-refractivity contribution >= 4 is 40.2 Å². The Morgan fingerprint density at radius 1 is 1.03 bits per heavy atom. The fourth-order valence-corrected chi connectivity index (χ4v) is 3.86. The summed E-state index contributed by atoms with van der Waals surface area (Å²) in [5.74, 6) is -1.99. The molecule has 32 heavy (non-hydrogen) atoms. The summed E-state index contributed by atoms with van der Waals surface area (Å²) < 4.78 is 39.4. The molecule has 10 heteroatoms. The van der Waals surface area contributed by atoms with Gasteiger partial charge >= 0.3 is 6.18 Å². The number of fused-ring (bicyclic) bond motifs is 1. The quantitative estimate of drug-likeness (QED) is 0.401. The zero-order valence-corrected chi connectivity index (χ0v) is 18.3. The van der Waals surface area contributed by atoms with Gasteiger partial charge in [-0.2, -0.15) is 13.2 Å². The maximum atomic E-state index is 13.1. The van der Waals surface area contributed by atoms with E-state index in [0.717, 1.165) is 11.8 Å². The van der Waals surface area contributed by atoms with Crippen molar-refractivity contribution in [3.8, 4) is 0 Å². The number of nitrogens with one attached hydrogen (secondary N) is 1. The molecule has 0 aliphatic rings. The van der Waals surface area contributed by atoms with Crippen LogP contribution in [-0.4, -0.2) is 45.5 Å². The summed E-state index contributed by atoms with van der Waals surface area (Å²) in [5, 5.41) is 3.19. The summed E-state index contributed by atoms with van der Waals surface area (Å²) in [7, 11) is 0. The lowest BCUT2D eigenvalue weighted by Gasteiger charge is -2.19. The Labute approximate surface area is 187 Å². The fraction of sp³-hybridized carbons (Fsp3) is 0.273. The molecule has 0 spiro atoms. The zero-order valence-electron chi connectivity index (χ0n) is 17.4. The highest BCUT2D eigenvalue weighted by Crippen LogP contribution is 2.32. The number of rotatable bonds is 7. The Hall–Kier alpha value is -3.14. The van der Waals surface area contributed by atoms with Crippen LogP contribution in [0.25, 0.3) is 10.9 Å². The predicted octanol–water partition coefficient (Wildman–Crippen LogP) is 4.86. The van der Waals surface area contributed by atoms with Gasteiger partial charge in [-0.1, -0.05) is 36.0 Å². The highest BCUT2D eigenvalue weighted by Gasteiger charge is 2.35. The van der Waals surface area contributed by atoms with E-state index in [1.807, 2.05) is 13.8 Å². The molecule has 0 aliphatic carbocycles. The second-order valence-electron chi connectivity index (χ2n) is 6.76. The highest BCUT2D eigenvalue weighted by atomic mass is 32.2.